The standard InChI is InChI=1S/C20H26N2O4/c1-7-26-20(24)17-12(2)18(21-13(17)3)19(23)22(5)14(4)15-10-8-9-11-16(15)25-6/h8-11,14,21H,7H2,1-6H3. The van der Waals surface area contributed by atoms with Crippen molar-refractivity contribution in [2.45, 2.75) is 33.7 Å². The zero-order valence-electron chi connectivity index (χ0n) is 16.2. The summed E-state index contributed by atoms with van der Waals surface area (Å²) >= 11 is 0. The quantitative estimate of drug-likeness (QED) is 0.800. The molecule has 1 atom stereocenters. The van der Waals surface area contributed by atoms with Crippen LogP contribution in [0.5, 0.6) is 5.75 Å². The molecule has 1 aromatic heterocycles. The highest BCUT2D eigenvalue weighted by molar-refractivity contribution is 6.00. The summed E-state index contributed by atoms with van der Waals surface area (Å²) in [5, 5.41) is 0. The van der Waals surface area contributed by atoms with Gasteiger partial charge in [0.2, 0.25) is 0 Å². The van der Waals surface area contributed by atoms with E-state index in [1.807, 2.05) is 31.2 Å². The highest BCUT2D eigenvalue weighted by Gasteiger charge is 2.27. The lowest BCUT2D eigenvalue weighted by Crippen LogP contribution is -2.30. The Bertz CT molecular complexity index is 810. The Balaban J connectivity index is 2.34. The zero-order valence-corrected chi connectivity index (χ0v) is 16.2. The molecule has 0 spiro atoms. The van der Waals surface area contributed by atoms with Crippen LogP contribution in [0.25, 0.3) is 0 Å². The molecule has 1 heterocycles. The molecule has 0 aliphatic carbocycles. The molecule has 1 unspecified atom stereocenters. The summed E-state index contributed by atoms with van der Waals surface area (Å²) in [6, 6.07) is 7.40. The average Bonchev–Trinajstić information content (AvgIpc) is 2.94. The molecule has 6 heteroatoms. The molecule has 0 aliphatic rings. The van der Waals surface area contributed by atoms with Crippen LogP contribution in [-0.4, -0.2) is 42.5 Å². The van der Waals surface area contributed by atoms with Gasteiger partial charge in [0.05, 0.1) is 25.3 Å². The number of aromatic amines is 1. The average molecular weight is 358 g/mol. The van der Waals surface area contributed by atoms with Gasteiger partial charge in [0.15, 0.2) is 0 Å². The summed E-state index contributed by atoms with van der Waals surface area (Å²) in [7, 11) is 3.34. The van der Waals surface area contributed by atoms with E-state index < -0.39 is 5.97 Å². The number of amides is 1. The molecular weight excluding hydrogens is 332 g/mol. The van der Waals surface area contributed by atoms with Gasteiger partial charge in [0, 0.05) is 18.3 Å². The number of methoxy groups -OCH3 is 1. The number of hydrogen-bond donors (Lipinski definition) is 1. The van der Waals surface area contributed by atoms with Gasteiger partial charge in [-0.1, -0.05) is 18.2 Å². The number of carbonyl (C=O) groups excluding carboxylic acids is 2. The molecule has 1 aromatic carbocycles. The van der Waals surface area contributed by atoms with Crippen LogP contribution in [-0.2, 0) is 4.74 Å². The molecule has 0 aliphatic heterocycles. The number of benzene rings is 1. The summed E-state index contributed by atoms with van der Waals surface area (Å²) in [4.78, 5) is 29.8. The monoisotopic (exact) mass is 358 g/mol. The molecule has 6 nitrogen and oxygen atoms in total. The van der Waals surface area contributed by atoms with E-state index in [0.717, 1.165) is 11.3 Å². The lowest BCUT2D eigenvalue weighted by Gasteiger charge is -2.26. The fraction of sp³-hybridized carbons (Fsp3) is 0.400. The maximum atomic E-state index is 13.0. The molecule has 0 saturated carbocycles. The van der Waals surface area contributed by atoms with Crippen molar-refractivity contribution >= 4 is 11.9 Å². The molecular formula is C20H26N2O4. The fourth-order valence-corrected chi connectivity index (χ4v) is 3.05. The van der Waals surface area contributed by atoms with E-state index in [1.165, 1.54) is 0 Å². The van der Waals surface area contributed by atoms with Gasteiger partial charge in [-0.15, -0.1) is 0 Å². The number of hydrogen-bond acceptors (Lipinski definition) is 4. The van der Waals surface area contributed by atoms with Crippen LogP contribution in [0.3, 0.4) is 0 Å². The first-order chi connectivity index (χ1) is 12.3. The maximum Gasteiger partial charge on any atom is 0.340 e. The molecule has 2 aromatic rings. The summed E-state index contributed by atoms with van der Waals surface area (Å²) in [6.07, 6.45) is 0. The Morgan fingerprint density at radius 2 is 1.88 bits per heavy atom. The van der Waals surface area contributed by atoms with Crippen molar-refractivity contribution in [3.05, 3.63) is 52.3 Å². The van der Waals surface area contributed by atoms with Crippen molar-refractivity contribution in [3.63, 3.8) is 0 Å². The molecule has 0 radical (unpaired) electrons. The van der Waals surface area contributed by atoms with E-state index in [4.69, 9.17) is 9.47 Å². The van der Waals surface area contributed by atoms with E-state index in [0.29, 0.717) is 22.5 Å². The van der Waals surface area contributed by atoms with Gasteiger partial charge < -0.3 is 19.4 Å². The smallest absolute Gasteiger partial charge is 0.340 e. The fourth-order valence-electron chi connectivity index (χ4n) is 3.05. The van der Waals surface area contributed by atoms with E-state index in [2.05, 4.69) is 4.98 Å². The number of ether oxygens (including phenoxy) is 2. The number of nitrogens with one attached hydrogen (secondary N) is 1. The van der Waals surface area contributed by atoms with Crippen molar-refractivity contribution in [1.82, 2.24) is 9.88 Å². The van der Waals surface area contributed by atoms with Crippen molar-refractivity contribution < 1.29 is 19.1 Å². The van der Waals surface area contributed by atoms with Crippen LogP contribution in [0.15, 0.2) is 24.3 Å². The first-order valence-corrected chi connectivity index (χ1v) is 8.59. The Morgan fingerprint density at radius 3 is 2.50 bits per heavy atom. The van der Waals surface area contributed by atoms with Crippen LogP contribution < -0.4 is 4.74 Å². The molecule has 1 amide bonds. The first-order valence-electron chi connectivity index (χ1n) is 8.59. The highest BCUT2D eigenvalue weighted by atomic mass is 16.5. The summed E-state index contributed by atoms with van der Waals surface area (Å²) in [6.45, 7) is 7.50. The van der Waals surface area contributed by atoms with Gasteiger partial charge in [-0.05, 0) is 39.3 Å². The minimum absolute atomic E-state index is 0.195. The van der Waals surface area contributed by atoms with Crippen LogP contribution in [0.2, 0.25) is 0 Å². The molecule has 1 N–H and O–H groups in total. The molecule has 26 heavy (non-hydrogen) atoms. The second kappa shape index (κ2) is 8.08. The number of para-hydroxylation sites is 1. The van der Waals surface area contributed by atoms with E-state index in [9.17, 15) is 9.59 Å². The topological polar surface area (TPSA) is 71.6 Å². The van der Waals surface area contributed by atoms with Crippen molar-refractivity contribution in [2.75, 3.05) is 20.8 Å². The van der Waals surface area contributed by atoms with E-state index in [1.54, 1.807) is 39.8 Å². The van der Waals surface area contributed by atoms with Gasteiger partial charge in [0.1, 0.15) is 11.4 Å². The minimum Gasteiger partial charge on any atom is -0.496 e. The Hall–Kier alpha value is -2.76. The number of carbonyl (C=O) groups is 2. The summed E-state index contributed by atoms with van der Waals surface area (Å²) in [5.74, 6) is 0.115. The predicted molar refractivity (Wildman–Crippen MR) is 99.7 cm³/mol. The first kappa shape index (κ1) is 19.6. The third kappa shape index (κ3) is 3.59. The van der Waals surface area contributed by atoms with Crippen LogP contribution in [0, 0.1) is 13.8 Å². The number of H-pyrrole nitrogens is 1. The third-order valence-corrected chi connectivity index (χ3v) is 4.62. The molecule has 140 valence electrons. The number of nitrogens with zero attached hydrogens (tertiary/aromatic N) is 1. The zero-order chi connectivity index (χ0) is 19.4. The maximum absolute atomic E-state index is 13.0. The highest BCUT2D eigenvalue weighted by Crippen LogP contribution is 2.30. The van der Waals surface area contributed by atoms with E-state index in [-0.39, 0.29) is 18.6 Å². The normalized spacial score (nSPS) is 11.8. The summed E-state index contributed by atoms with van der Waals surface area (Å²) < 4.78 is 10.5. The minimum atomic E-state index is -0.418. The number of aryl methyl sites for hydroxylation is 1. The lowest BCUT2D eigenvalue weighted by molar-refractivity contribution is 0.0525. The molecule has 2 rings (SSSR count). The third-order valence-electron chi connectivity index (χ3n) is 4.62. The largest absolute Gasteiger partial charge is 0.496 e. The SMILES string of the molecule is CCOC(=O)c1c(C)[nH]c(C(=O)N(C)C(C)c2ccccc2OC)c1C. The molecule has 0 bridgehead atoms. The van der Waals surface area contributed by atoms with E-state index >= 15 is 0 Å². The summed E-state index contributed by atoms with van der Waals surface area (Å²) in [5.41, 5.74) is 2.97. The van der Waals surface area contributed by atoms with Crippen molar-refractivity contribution in [3.8, 4) is 5.75 Å². The van der Waals surface area contributed by atoms with Crippen LogP contribution in [0.1, 0.15) is 57.6 Å². The van der Waals surface area contributed by atoms with Crippen molar-refractivity contribution in [1.29, 1.82) is 0 Å². The number of esters is 1. The van der Waals surface area contributed by atoms with Gasteiger partial charge in [-0.2, -0.15) is 0 Å². The second-order valence-electron chi connectivity index (χ2n) is 6.18. The Kier molecular flexibility index (Phi) is 6.08. The van der Waals surface area contributed by atoms with Gasteiger partial charge in [-0.3, -0.25) is 4.79 Å². The Morgan fingerprint density at radius 1 is 1.23 bits per heavy atom. The molecule has 0 fully saturated rings. The second-order valence-corrected chi connectivity index (χ2v) is 6.18. The van der Waals surface area contributed by atoms with Crippen LogP contribution >= 0.6 is 0 Å². The van der Waals surface area contributed by atoms with Gasteiger partial charge >= 0.3 is 5.97 Å². The molecule has 0 saturated heterocycles. The Labute approximate surface area is 154 Å². The number of aromatic nitrogens is 1. The van der Waals surface area contributed by atoms with Crippen LogP contribution in [0.4, 0.5) is 0 Å². The predicted octanol–water partition coefficient (Wildman–Crippen LogP) is 3.65. The number of rotatable bonds is 6. The lowest BCUT2D eigenvalue weighted by atomic mass is 10.0. The van der Waals surface area contributed by atoms with Gasteiger partial charge in [-0.25, -0.2) is 4.79 Å². The van der Waals surface area contributed by atoms with Crippen molar-refractivity contribution in [2.24, 2.45) is 0 Å². The van der Waals surface area contributed by atoms with Gasteiger partial charge in [0.25, 0.3) is 5.91 Å².